The van der Waals surface area contributed by atoms with Crippen molar-refractivity contribution in [2.45, 2.75) is 54.4 Å². The molecule has 0 fully saturated rings. The number of benzene rings is 1. The van der Waals surface area contributed by atoms with E-state index >= 15 is 0 Å². The monoisotopic (exact) mass is 905 g/mol. The van der Waals surface area contributed by atoms with Gasteiger partial charge in [-0.05, 0) is 38.3 Å². The Hall–Kier alpha value is -3.25. The highest BCUT2D eigenvalue weighted by Crippen LogP contribution is 2.22. The molecule has 18 nitrogen and oxygen atoms in total. The van der Waals surface area contributed by atoms with Gasteiger partial charge < -0.3 is 40.4 Å². The van der Waals surface area contributed by atoms with Gasteiger partial charge >= 0.3 is 11.9 Å². The molecule has 0 heterocycles. The van der Waals surface area contributed by atoms with E-state index < -0.39 is 113 Å². The summed E-state index contributed by atoms with van der Waals surface area (Å²) in [4.78, 5) is 75.3. The first-order valence-electron chi connectivity index (χ1n) is 16.5. The minimum absolute atomic E-state index is 0.0666. The molecule has 53 heavy (non-hydrogen) atoms. The number of hydrogen-bond donors (Lipinski definition) is 5. The second-order valence-electron chi connectivity index (χ2n) is 11.7. The van der Waals surface area contributed by atoms with Crippen molar-refractivity contribution in [2.75, 3.05) is 64.5 Å². The number of nitrogens with one attached hydrogen (secondary N) is 3. The van der Waals surface area contributed by atoms with Crippen molar-refractivity contribution in [3.8, 4) is 0 Å². The molecule has 300 valence electrons. The Bertz CT molecular complexity index is 1610. The Morgan fingerprint density at radius 3 is 1.83 bits per heavy atom. The Balaban J connectivity index is 3.28. The van der Waals surface area contributed by atoms with Gasteiger partial charge in [0.2, 0.25) is 11.8 Å². The maximum absolute atomic E-state index is 13.6. The molecule has 5 N–H and O–H groups in total. The number of carbonyl (C=O) groups is 6. The van der Waals surface area contributed by atoms with Crippen molar-refractivity contribution in [1.29, 1.82) is 0 Å². The standard InChI is InChI=1S/C32H48IN3O15S2/c1-4-51-16-14-34-31(43)24(9-11-27(37)38)36-32(44)25(10-12-28(39)40)35-30(42)22-7-5-21(6-8-22)29(41)23(19-52(45,46)18-17-50-3)20-53(47,48)26(33)13-15-49-2/h5-8,23-26H,4,9-20H2,1-3H3,(H,34,43)(H,35,42)(H,36,44)(H,37,38)(H,39,40)/t23?,24?,25-,26?/m0/s1. The van der Waals surface area contributed by atoms with E-state index in [1.165, 1.54) is 38.5 Å². The van der Waals surface area contributed by atoms with Gasteiger partial charge in [0.05, 0.1) is 36.4 Å². The molecular weight excluding hydrogens is 857 g/mol. The Labute approximate surface area is 322 Å². The molecule has 0 aliphatic rings. The van der Waals surface area contributed by atoms with E-state index in [1.807, 2.05) is 0 Å². The lowest BCUT2D eigenvalue weighted by atomic mass is 9.99. The second kappa shape index (κ2) is 24.2. The summed E-state index contributed by atoms with van der Waals surface area (Å²) < 4.78 is 65.7. The van der Waals surface area contributed by atoms with Crippen molar-refractivity contribution in [1.82, 2.24) is 16.0 Å². The average Bonchev–Trinajstić information content (AvgIpc) is 3.10. The predicted molar refractivity (Wildman–Crippen MR) is 199 cm³/mol. The SMILES string of the molecule is CCOCCNC(=O)C(CCC(=O)O)NC(=O)[C@H](CCC(=O)O)NC(=O)c1ccc(C(=O)C(CS(=O)(=O)CCOC)CS(=O)(=O)C(I)CCOC)cc1. The van der Waals surface area contributed by atoms with Crippen LogP contribution in [0, 0.1) is 5.92 Å². The Morgan fingerprint density at radius 1 is 0.755 bits per heavy atom. The molecule has 0 aromatic heterocycles. The second-order valence-corrected chi connectivity index (χ2v) is 18.5. The van der Waals surface area contributed by atoms with Crippen LogP contribution < -0.4 is 16.0 Å². The maximum Gasteiger partial charge on any atom is 0.303 e. The number of ketones is 1. The van der Waals surface area contributed by atoms with Crippen LogP contribution in [0.15, 0.2) is 24.3 Å². The lowest BCUT2D eigenvalue weighted by Crippen LogP contribution is -2.54. The Morgan fingerprint density at radius 2 is 1.30 bits per heavy atom. The third-order valence-corrected chi connectivity index (χ3v) is 14.1. The van der Waals surface area contributed by atoms with Gasteiger partial charge in [0, 0.05) is 57.9 Å². The summed E-state index contributed by atoms with van der Waals surface area (Å²) in [5.41, 5.74) is -0.197. The van der Waals surface area contributed by atoms with Gasteiger partial charge in [-0.3, -0.25) is 28.8 Å². The molecule has 4 atom stereocenters. The summed E-state index contributed by atoms with van der Waals surface area (Å²) in [7, 11) is -5.22. The predicted octanol–water partition coefficient (Wildman–Crippen LogP) is 0.225. The van der Waals surface area contributed by atoms with Crippen molar-refractivity contribution < 1.29 is 70.0 Å². The van der Waals surface area contributed by atoms with Gasteiger partial charge in [-0.25, -0.2) is 16.8 Å². The van der Waals surface area contributed by atoms with E-state index in [0.29, 0.717) is 6.61 Å². The number of amides is 3. The summed E-state index contributed by atoms with van der Waals surface area (Å²) in [5.74, 6) is -9.37. The number of rotatable bonds is 28. The lowest BCUT2D eigenvalue weighted by Gasteiger charge is -2.23. The van der Waals surface area contributed by atoms with Gasteiger partial charge in [-0.2, -0.15) is 0 Å². The van der Waals surface area contributed by atoms with Crippen LogP contribution >= 0.6 is 22.6 Å². The number of halogens is 1. The summed E-state index contributed by atoms with van der Waals surface area (Å²) in [6.45, 7) is 2.31. The number of sulfone groups is 2. The average molecular weight is 906 g/mol. The largest absolute Gasteiger partial charge is 0.481 e. The highest BCUT2D eigenvalue weighted by atomic mass is 127. The summed E-state index contributed by atoms with van der Waals surface area (Å²) in [6, 6.07) is 1.90. The van der Waals surface area contributed by atoms with Crippen LogP contribution in [0.2, 0.25) is 0 Å². The third-order valence-electron chi connectivity index (χ3n) is 7.53. The Kier molecular flexibility index (Phi) is 21.8. The molecule has 0 bridgehead atoms. The van der Waals surface area contributed by atoms with E-state index in [0.717, 1.165) is 0 Å². The molecule has 3 unspecified atom stereocenters. The zero-order valence-electron chi connectivity index (χ0n) is 29.7. The molecule has 1 aromatic rings. The fraction of sp³-hybridized carbons (Fsp3) is 0.625. The molecule has 3 amide bonds. The normalized spacial score (nSPS) is 14.0. The first-order valence-corrected chi connectivity index (χ1v) is 21.2. The molecule has 0 aliphatic heterocycles. The fourth-order valence-corrected chi connectivity index (χ4v) is 8.69. The van der Waals surface area contributed by atoms with Gasteiger partial charge in [-0.15, -0.1) is 0 Å². The molecular formula is C32H48IN3O15S2. The van der Waals surface area contributed by atoms with Gasteiger partial charge in [-0.1, -0.05) is 34.7 Å². The third kappa shape index (κ3) is 18.6. The van der Waals surface area contributed by atoms with Crippen molar-refractivity contribution in [2.24, 2.45) is 5.92 Å². The van der Waals surface area contributed by atoms with Crippen LogP contribution in [-0.4, -0.2) is 142 Å². The number of aliphatic carboxylic acids is 2. The summed E-state index contributed by atoms with van der Waals surface area (Å²) >= 11 is 1.70. The summed E-state index contributed by atoms with van der Waals surface area (Å²) in [5, 5.41) is 25.6. The maximum atomic E-state index is 13.6. The molecule has 1 rings (SSSR count). The van der Waals surface area contributed by atoms with E-state index in [2.05, 4.69) is 16.0 Å². The van der Waals surface area contributed by atoms with Gasteiger partial charge in [0.25, 0.3) is 5.91 Å². The number of ether oxygens (including phenoxy) is 3. The number of Topliss-reactive ketones (excluding diaryl/α,β-unsaturated/α-hetero) is 1. The molecule has 0 radical (unpaired) electrons. The van der Waals surface area contributed by atoms with Crippen molar-refractivity contribution in [3.63, 3.8) is 0 Å². The smallest absolute Gasteiger partial charge is 0.303 e. The first kappa shape index (κ1) is 47.8. The first-order chi connectivity index (χ1) is 24.9. The molecule has 21 heteroatoms. The molecule has 0 saturated carbocycles. The van der Waals surface area contributed by atoms with Crippen LogP contribution in [-0.2, 0) is 53.1 Å². The van der Waals surface area contributed by atoms with Crippen molar-refractivity contribution in [3.05, 3.63) is 35.4 Å². The highest BCUT2D eigenvalue weighted by Gasteiger charge is 2.34. The van der Waals surface area contributed by atoms with Crippen LogP contribution in [0.5, 0.6) is 0 Å². The summed E-state index contributed by atoms with van der Waals surface area (Å²) in [6.07, 6.45) is -1.65. The van der Waals surface area contributed by atoms with Crippen LogP contribution in [0.25, 0.3) is 0 Å². The van der Waals surface area contributed by atoms with Crippen molar-refractivity contribution >= 4 is 77.7 Å². The lowest BCUT2D eigenvalue weighted by molar-refractivity contribution is -0.139. The van der Waals surface area contributed by atoms with Crippen LogP contribution in [0.1, 0.15) is 59.7 Å². The minimum Gasteiger partial charge on any atom is -0.481 e. The van der Waals surface area contributed by atoms with Crippen LogP contribution in [0.3, 0.4) is 0 Å². The number of methoxy groups -OCH3 is 2. The molecule has 0 aliphatic carbocycles. The topological polar surface area (TPSA) is 275 Å². The molecule has 1 aromatic carbocycles. The minimum atomic E-state index is -3.98. The zero-order chi connectivity index (χ0) is 40.2. The van der Waals surface area contributed by atoms with E-state index in [1.54, 1.807) is 29.5 Å². The quantitative estimate of drug-likeness (QED) is 0.0326. The van der Waals surface area contributed by atoms with Crippen LogP contribution in [0.4, 0.5) is 0 Å². The fourth-order valence-electron chi connectivity index (χ4n) is 4.70. The molecule has 0 spiro atoms. The number of carbonyl (C=O) groups excluding carboxylic acids is 4. The molecule has 0 saturated heterocycles. The van der Waals surface area contributed by atoms with E-state index in [4.69, 9.17) is 19.3 Å². The van der Waals surface area contributed by atoms with E-state index in [9.17, 15) is 50.7 Å². The zero-order valence-corrected chi connectivity index (χ0v) is 33.5. The number of carboxylic acid groups (broad SMARTS) is 2. The highest BCUT2D eigenvalue weighted by molar-refractivity contribution is 14.1. The van der Waals surface area contributed by atoms with E-state index in [-0.39, 0.29) is 50.3 Å². The van der Waals surface area contributed by atoms with Gasteiger partial charge in [0.1, 0.15) is 15.3 Å². The number of hydrogen-bond acceptors (Lipinski definition) is 13. The van der Waals surface area contributed by atoms with Gasteiger partial charge in [0.15, 0.2) is 25.5 Å². The number of carboxylic acids is 2. The number of alkyl halides is 1.